The van der Waals surface area contributed by atoms with Gasteiger partial charge in [0.15, 0.2) is 0 Å². The summed E-state index contributed by atoms with van der Waals surface area (Å²) >= 11 is 1.55. The molecular weight excluding hydrogens is 314 g/mol. The number of aryl methyl sites for hydroxylation is 1. The van der Waals surface area contributed by atoms with Crippen LogP contribution in [0.1, 0.15) is 5.01 Å². The zero-order valence-electron chi connectivity index (χ0n) is 11.1. The molecule has 0 aliphatic heterocycles. The monoisotopic (exact) mass is 327 g/mol. The molecule has 0 fully saturated rings. The predicted octanol–water partition coefficient (Wildman–Crippen LogP) is 2.25. The van der Waals surface area contributed by atoms with Crippen molar-refractivity contribution in [1.29, 1.82) is 0 Å². The van der Waals surface area contributed by atoms with Gasteiger partial charge in [-0.1, -0.05) is 35.6 Å². The molecule has 0 saturated heterocycles. The van der Waals surface area contributed by atoms with E-state index in [0.29, 0.717) is 0 Å². The van der Waals surface area contributed by atoms with Crippen molar-refractivity contribution < 1.29 is 27.2 Å². The van der Waals surface area contributed by atoms with Gasteiger partial charge in [-0.2, -0.15) is 17.2 Å². The van der Waals surface area contributed by atoms with Gasteiger partial charge in [0.05, 0.1) is 5.39 Å². The lowest BCUT2D eigenvalue weighted by Gasteiger charge is -1.99. The third-order valence-corrected chi connectivity index (χ3v) is 4.57. The van der Waals surface area contributed by atoms with Crippen LogP contribution < -0.4 is 4.57 Å². The van der Waals surface area contributed by atoms with Gasteiger partial charge in [0.2, 0.25) is 10.5 Å². The molecule has 0 radical (unpaired) electrons. The molecule has 21 heavy (non-hydrogen) atoms. The van der Waals surface area contributed by atoms with Gasteiger partial charge in [0.1, 0.15) is 4.70 Å². The summed E-state index contributed by atoms with van der Waals surface area (Å²) in [6, 6.07) is 11.9. The van der Waals surface area contributed by atoms with Crippen LogP contribution >= 0.6 is 11.3 Å². The molecule has 0 aliphatic rings. The van der Waals surface area contributed by atoms with Crippen molar-refractivity contribution in [2.75, 3.05) is 0 Å². The maximum Gasteiger partial charge on any atom is 0.402 e. The lowest BCUT2D eigenvalue weighted by molar-refractivity contribution is -0.701. The van der Waals surface area contributed by atoms with Gasteiger partial charge in [0.25, 0.3) is 6.73 Å². The molecule has 3 aromatic rings. The number of thiazole rings is 1. The van der Waals surface area contributed by atoms with E-state index in [1.165, 1.54) is 0 Å². The predicted molar refractivity (Wildman–Crippen MR) is 78.8 cm³/mol. The first kappa shape index (κ1) is 15.8. The Morgan fingerprint density at radius 2 is 1.95 bits per heavy atom. The Hall–Kier alpha value is -1.58. The van der Waals surface area contributed by atoms with Crippen LogP contribution in [0, 0.1) is 6.92 Å². The van der Waals surface area contributed by atoms with Crippen LogP contribution in [0.15, 0.2) is 36.4 Å². The number of nitrogens with zero attached hydrogens (tertiary/aromatic N) is 1. The van der Waals surface area contributed by atoms with Gasteiger partial charge in [0, 0.05) is 6.92 Å². The van der Waals surface area contributed by atoms with Crippen molar-refractivity contribution in [2.24, 2.45) is 0 Å². The standard InChI is InChI=1S/C13H11NO4S2.H2O/c1-9-14(8-18-20(15,16)17)13-11-5-3-2-4-10(11)6-7-12(13)19-9;/h2-7H,8H2,1H3;1H2. The molecule has 6 nitrogen and oxygen atoms in total. The number of hydrogen-bond acceptors (Lipinski definition) is 5. The highest BCUT2D eigenvalue weighted by atomic mass is 32.3. The summed E-state index contributed by atoms with van der Waals surface area (Å²) in [5.41, 5.74) is 0.911. The minimum Gasteiger partial charge on any atom is -0.870 e. The molecule has 8 heteroatoms. The lowest BCUT2D eigenvalue weighted by atomic mass is 10.1. The van der Waals surface area contributed by atoms with Gasteiger partial charge in [-0.05, 0) is 17.5 Å². The molecule has 0 atom stereocenters. The molecule has 1 aromatic heterocycles. The topological polar surface area (TPSA) is 97.5 Å². The summed E-state index contributed by atoms with van der Waals surface area (Å²) in [5.74, 6) is 0. The Morgan fingerprint density at radius 3 is 2.67 bits per heavy atom. The van der Waals surface area contributed by atoms with E-state index >= 15 is 0 Å². The molecule has 0 amide bonds. The molecular formula is C13H13NO5S2. The highest BCUT2D eigenvalue weighted by molar-refractivity contribution is 7.80. The van der Waals surface area contributed by atoms with Crippen LogP contribution in [0.2, 0.25) is 0 Å². The molecule has 3 rings (SSSR count). The summed E-state index contributed by atoms with van der Waals surface area (Å²) < 4.78 is 37.6. The number of aromatic nitrogens is 1. The van der Waals surface area contributed by atoms with Crippen molar-refractivity contribution in [3.05, 3.63) is 41.4 Å². The third kappa shape index (κ3) is 3.04. The summed E-state index contributed by atoms with van der Waals surface area (Å²) in [6.07, 6.45) is 0. The van der Waals surface area contributed by atoms with Gasteiger partial charge < -0.3 is 5.48 Å². The molecule has 0 saturated carbocycles. The maximum absolute atomic E-state index is 10.8. The average Bonchev–Trinajstić information content (AvgIpc) is 2.71. The average molecular weight is 327 g/mol. The van der Waals surface area contributed by atoms with E-state index in [9.17, 15) is 8.42 Å². The fourth-order valence-corrected chi connectivity index (χ4v) is 3.51. The second-order valence-corrected chi connectivity index (χ2v) is 6.68. The van der Waals surface area contributed by atoms with Crippen LogP contribution in [0.4, 0.5) is 0 Å². The van der Waals surface area contributed by atoms with Gasteiger partial charge in [-0.25, -0.2) is 0 Å². The fourth-order valence-electron chi connectivity index (χ4n) is 2.24. The normalized spacial score (nSPS) is 11.7. The zero-order valence-corrected chi connectivity index (χ0v) is 12.7. The summed E-state index contributed by atoms with van der Waals surface area (Å²) in [6.45, 7) is 1.64. The zero-order chi connectivity index (χ0) is 14.3. The number of benzene rings is 2. The van der Waals surface area contributed by atoms with Crippen LogP contribution in [0.5, 0.6) is 0 Å². The molecule has 0 aliphatic carbocycles. The minimum atomic E-state index is -4.46. The quantitative estimate of drug-likeness (QED) is 0.588. The Morgan fingerprint density at radius 1 is 1.24 bits per heavy atom. The highest BCUT2D eigenvalue weighted by Crippen LogP contribution is 2.27. The van der Waals surface area contributed by atoms with E-state index in [1.807, 2.05) is 43.3 Å². The van der Waals surface area contributed by atoms with Crippen LogP contribution in [-0.4, -0.2) is 18.4 Å². The van der Waals surface area contributed by atoms with Crippen molar-refractivity contribution in [1.82, 2.24) is 0 Å². The van der Waals surface area contributed by atoms with Crippen molar-refractivity contribution in [3.8, 4) is 0 Å². The summed E-state index contributed by atoms with van der Waals surface area (Å²) in [7, 11) is -4.46. The third-order valence-electron chi connectivity index (χ3n) is 3.10. The number of rotatable bonds is 3. The Kier molecular flexibility index (Phi) is 4.26. The van der Waals surface area contributed by atoms with E-state index in [4.69, 9.17) is 4.55 Å². The Bertz CT molecular complexity index is 901. The molecule has 0 spiro atoms. The first-order valence-corrected chi connectivity index (χ1v) is 8.06. The Labute approximate surface area is 125 Å². The maximum atomic E-state index is 10.8. The van der Waals surface area contributed by atoms with Crippen LogP contribution in [0.25, 0.3) is 21.0 Å². The van der Waals surface area contributed by atoms with Gasteiger partial charge >= 0.3 is 10.4 Å². The summed E-state index contributed by atoms with van der Waals surface area (Å²) in [4.78, 5) is 0. The summed E-state index contributed by atoms with van der Waals surface area (Å²) in [5, 5.41) is 2.99. The van der Waals surface area contributed by atoms with E-state index in [2.05, 4.69) is 4.18 Å². The lowest BCUT2D eigenvalue weighted by Crippen LogP contribution is -2.37. The van der Waals surface area contributed by atoms with Crippen molar-refractivity contribution in [3.63, 3.8) is 0 Å². The number of hydrogen-bond donors (Lipinski definition) is 1. The first-order chi connectivity index (χ1) is 9.46. The van der Waals surface area contributed by atoms with Crippen LogP contribution in [0.3, 0.4) is 0 Å². The SMILES string of the molecule is Cc1sc2ccc3ccccc3c2[n+]1COS(=O)(=O)O.[OH-]. The molecule has 1 heterocycles. The second kappa shape index (κ2) is 5.66. The smallest absolute Gasteiger partial charge is 0.402 e. The van der Waals surface area contributed by atoms with Crippen LogP contribution in [-0.2, 0) is 21.3 Å². The van der Waals surface area contributed by atoms with Crippen molar-refractivity contribution >= 4 is 42.7 Å². The molecule has 2 aromatic carbocycles. The fraction of sp³-hybridized carbons (Fsp3) is 0.154. The number of fused-ring (bicyclic) bond motifs is 3. The van der Waals surface area contributed by atoms with Gasteiger partial charge in [-0.15, -0.1) is 0 Å². The largest absolute Gasteiger partial charge is 0.870 e. The second-order valence-electron chi connectivity index (χ2n) is 4.36. The Balaban J connectivity index is 0.00000161. The highest BCUT2D eigenvalue weighted by Gasteiger charge is 2.21. The molecule has 0 unspecified atom stereocenters. The van der Waals surface area contributed by atoms with E-state index in [1.54, 1.807) is 15.9 Å². The minimum absolute atomic E-state index is 0. The van der Waals surface area contributed by atoms with E-state index < -0.39 is 10.4 Å². The van der Waals surface area contributed by atoms with Crippen molar-refractivity contribution in [2.45, 2.75) is 13.7 Å². The first-order valence-electron chi connectivity index (χ1n) is 5.88. The molecule has 2 N–H and O–H groups in total. The van der Waals surface area contributed by atoms with E-state index in [-0.39, 0.29) is 12.2 Å². The van der Waals surface area contributed by atoms with Gasteiger partial charge in [-0.3, -0.25) is 4.55 Å². The molecule has 112 valence electrons. The van der Waals surface area contributed by atoms with E-state index in [0.717, 1.165) is 26.0 Å². The molecule has 0 bridgehead atoms.